The number of allylic oxidation sites excluding steroid dienone is 2. The van der Waals surface area contributed by atoms with Crippen LogP contribution in [0.3, 0.4) is 0 Å². The van der Waals surface area contributed by atoms with Crippen LogP contribution in [0.2, 0.25) is 0 Å². The summed E-state index contributed by atoms with van der Waals surface area (Å²) in [5.41, 5.74) is 8.15. The number of ether oxygens (including phenoxy) is 1. The summed E-state index contributed by atoms with van der Waals surface area (Å²) in [5, 5.41) is 60.6. The molecular formula is C31H25F3N8O5. The van der Waals surface area contributed by atoms with Crippen molar-refractivity contribution >= 4 is 29.3 Å². The average Bonchev–Trinajstić information content (AvgIpc) is 2.99. The lowest BCUT2D eigenvalue weighted by Gasteiger charge is -2.22. The Labute approximate surface area is 264 Å². The maximum absolute atomic E-state index is 13.8. The van der Waals surface area contributed by atoms with Gasteiger partial charge in [0.15, 0.2) is 11.9 Å². The number of halogens is 3. The van der Waals surface area contributed by atoms with Crippen LogP contribution in [0, 0.1) is 33.5 Å². The molecule has 240 valence electrons. The first-order chi connectivity index (χ1) is 22.2. The predicted molar refractivity (Wildman–Crippen MR) is 162 cm³/mol. The molecule has 13 nitrogen and oxygen atoms in total. The van der Waals surface area contributed by atoms with Gasteiger partial charge in [0.2, 0.25) is 0 Å². The Bertz CT molecular complexity index is 1960. The van der Waals surface area contributed by atoms with Gasteiger partial charge in [-0.1, -0.05) is 12.1 Å². The van der Waals surface area contributed by atoms with Crippen molar-refractivity contribution in [1.29, 1.82) is 21.3 Å². The molecule has 0 aliphatic heterocycles. The first-order valence-electron chi connectivity index (χ1n) is 13.6. The molecule has 0 fully saturated rings. The minimum Gasteiger partial charge on any atom is -0.507 e. The highest BCUT2D eigenvalue weighted by Crippen LogP contribution is 2.46. The van der Waals surface area contributed by atoms with Crippen molar-refractivity contribution in [3.63, 3.8) is 0 Å². The monoisotopic (exact) mass is 646 g/mol. The highest BCUT2D eigenvalue weighted by atomic mass is 19.4. The molecule has 4 rings (SSSR count). The van der Waals surface area contributed by atoms with Crippen LogP contribution in [-0.2, 0) is 0 Å². The fraction of sp³-hybridized carbons (Fsp3) is 0.161. The second kappa shape index (κ2) is 13.2. The van der Waals surface area contributed by atoms with E-state index in [2.05, 4.69) is 10.1 Å². The van der Waals surface area contributed by atoms with Crippen LogP contribution < -0.4 is 26.8 Å². The molecule has 0 aromatic heterocycles. The zero-order valence-corrected chi connectivity index (χ0v) is 24.2. The van der Waals surface area contributed by atoms with E-state index >= 15 is 0 Å². The first kappa shape index (κ1) is 33.3. The number of benzene rings is 3. The topological polar surface area (TPSA) is 255 Å². The van der Waals surface area contributed by atoms with Crippen LogP contribution in [0.5, 0.6) is 17.2 Å². The summed E-state index contributed by atoms with van der Waals surface area (Å²) in [5.74, 6) is -6.38. The number of nitrogens with one attached hydrogen (secondary N) is 4. The van der Waals surface area contributed by atoms with E-state index in [-0.39, 0.29) is 27.8 Å². The molecule has 16 heteroatoms. The zero-order chi connectivity index (χ0) is 34.6. The number of aromatic hydroxyl groups is 2. The Morgan fingerprint density at radius 3 is 2.06 bits per heavy atom. The number of nitrogens with zero attached hydrogens (tertiary/aromatic N) is 2. The fourth-order valence-corrected chi connectivity index (χ4v) is 5.27. The normalized spacial score (nSPS) is 12.6. The van der Waals surface area contributed by atoms with Gasteiger partial charge in [-0.15, -0.1) is 13.2 Å². The lowest BCUT2D eigenvalue weighted by molar-refractivity contribution is -0.274. The summed E-state index contributed by atoms with van der Waals surface area (Å²) in [6.07, 6.45) is -0.876. The van der Waals surface area contributed by atoms with Gasteiger partial charge in [-0.25, -0.2) is 0 Å². The van der Waals surface area contributed by atoms with Gasteiger partial charge in [-0.3, -0.25) is 31.0 Å². The molecule has 3 aromatic rings. The van der Waals surface area contributed by atoms with Crippen molar-refractivity contribution in [2.75, 3.05) is 0 Å². The summed E-state index contributed by atoms with van der Waals surface area (Å²) in [4.78, 5) is 26.1. The van der Waals surface area contributed by atoms with Crippen LogP contribution in [-0.4, -0.2) is 40.3 Å². The molecule has 0 spiro atoms. The molecule has 3 aromatic carbocycles. The van der Waals surface area contributed by atoms with Crippen molar-refractivity contribution in [2.24, 2.45) is 11.5 Å². The minimum absolute atomic E-state index is 0.0788. The van der Waals surface area contributed by atoms with Crippen molar-refractivity contribution in [3.05, 3.63) is 70.3 Å². The second-order valence-corrected chi connectivity index (χ2v) is 10.1. The first-order valence-corrected chi connectivity index (χ1v) is 13.6. The molecule has 0 unspecified atom stereocenters. The summed E-state index contributed by atoms with van der Waals surface area (Å²) >= 11 is 0. The third kappa shape index (κ3) is 7.07. The molecule has 1 aliphatic carbocycles. The highest BCUT2D eigenvalue weighted by molar-refractivity contribution is 6.12. The van der Waals surface area contributed by atoms with Crippen molar-refractivity contribution in [2.45, 2.75) is 32.0 Å². The second-order valence-electron chi connectivity index (χ2n) is 10.1. The molecule has 1 aliphatic rings. The van der Waals surface area contributed by atoms with Crippen LogP contribution in [0.1, 0.15) is 63.1 Å². The van der Waals surface area contributed by atoms with Gasteiger partial charge in [0, 0.05) is 22.3 Å². The third-order valence-electron chi connectivity index (χ3n) is 7.07. The SMILES string of the molecule is N#Cc1cc(-c2ccc(-c3c(C#N)ccc(O)c3C(=O)NC(=N)N)c(OC(F)(F)F)c2)c(O)c(C(=O)NC(=N)N)c1C1=CCCCC1. The summed E-state index contributed by atoms with van der Waals surface area (Å²) < 4.78 is 45.6. The Hall–Kier alpha value is -6.55. The maximum atomic E-state index is 13.8. The number of hydrogen-bond donors (Lipinski definition) is 8. The predicted octanol–water partition coefficient (Wildman–Crippen LogP) is 4.28. The molecular weight excluding hydrogens is 621 g/mol. The minimum atomic E-state index is -5.33. The van der Waals surface area contributed by atoms with E-state index in [9.17, 15) is 43.5 Å². The number of phenolic OH excluding ortho intramolecular Hbond substituents is 2. The van der Waals surface area contributed by atoms with Gasteiger partial charge >= 0.3 is 6.36 Å². The molecule has 47 heavy (non-hydrogen) atoms. The zero-order valence-electron chi connectivity index (χ0n) is 24.2. The Balaban J connectivity index is 2.05. The Morgan fingerprint density at radius 1 is 0.872 bits per heavy atom. The van der Waals surface area contributed by atoms with Crippen LogP contribution in [0.25, 0.3) is 27.8 Å². The van der Waals surface area contributed by atoms with E-state index in [0.717, 1.165) is 37.1 Å². The lowest BCUT2D eigenvalue weighted by atomic mass is 9.84. The van der Waals surface area contributed by atoms with Gasteiger partial charge in [0.1, 0.15) is 17.2 Å². The van der Waals surface area contributed by atoms with Crippen LogP contribution in [0.15, 0.2) is 42.5 Å². The summed E-state index contributed by atoms with van der Waals surface area (Å²) in [6, 6.07) is 9.84. The smallest absolute Gasteiger partial charge is 0.507 e. The van der Waals surface area contributed by atoms with Crippen molar-refractivity contribution in [1.82, 2.24) is 10.6 Å². The number of carbonyl (C=O) groups is 2. The van der Waals surface area contributed by atoms with Gasteiger partial charge in [0.05, 0.1) is 34.4 Å². The van der Waals surface area contributed by atoms with Gasteiger partial charge in [-0.05, 0) is 67.2 Å². The molecule has 0 bridgehead atoms. The molecule has 0 atom stereocenters. The average molecular weight is 647 g/mol. The van der Waals surface area contributed by atoms with Gasteiger partial charge in [-0.2, -0.15) is 10.5 Å². The molecule has 0 radical (unpaired) electrons. The Morgan fingerprint density at radius 2 is 1.51 bits per heavy atom. The number of amides is 2. The number of rotatable bonds is 6. The molecule has 0 heterocycles. The number of phenols is 2. The van der Waals surface area contributed by atoms with Crippen LogP contribution in [0.4, 0.5) is 13.2 Å². The van der Waals surface area contributed by atoms with Gasteiger partial charge < -0.3 is 26.4 Å². The number of guanidine groups is 2. The number of alkyl halides is 3. The standard InChI is InChI=1S/C31H25F3N8O5/c32-31(33,34)47-21-11-15(6-8-18(21)23-16(12-35)7-9-20(43)24(23)27(45)41-29(37)38)19-10-17(13-36)22(14-4-2-1-3-5-14)25(26(19)44)28(46)42-30(39)40/h4,6-11,43-44H,1-3,5H2,(H4,37,38,41,45)(H4,39,40,42,46). The largest absolute Gasteiger partial charge is 0.573 e. The molecule has 10 N–H and O–H groups in total. The van der Waals surface area contributed by atoms with E-state index in [4.69, 9.17) is 22.3 Å². The van der Waals surface area contributed by atoms with Gasteiger partial charge in [0.25, 0.3) is 11.8 Å². The van der Waals surface area contributed by atoms with E-state index in [1.807, 2.05) is 11.4 Å². The molecule has 0 saturated heterocycles. The molecule has 2 amide bonds. The number of nitrogens with two attached hydrogens (primary N) is 2. The quantitative estimate of drug-likeness (QED) is 0.140. The summed E-state index contributed by atoms with van der Waals surface area (Å²) in [6.45, 7) is 0. The fourth-order valence-electron chi connectivity index (χ4n) is 5.27. The number of nitriles is 2. The maximum Gasteiger partial charge on any atom is 0.573 e. The van der Waals surface area contributed by atoms with Crippen molar-refractivity contribution in [3.8, 4) is 51.6 Å². The van der Waals surface area contributed by atoms with E-state index in [1.54, 1.807) is 12.1 Å². The van der Waals surface area contributed by atoms with Crippen molar-refractivity contribution < 1.29 is 37.7 Å². The van der Waals surface area contributed by atoms with E-state index in [0.29, 0.717) is 18.4 Å². The lowest BCUT2D eigenvalue weighted by Crippen LogP contribution is -2.36. The number of carbonyl (C=O) groups excluding carboxylic acids is 2. The molecule has 0 saturated carbocycles. The summed E-state index contributed by atoms with van der Waals surface area (Å²) in [7, 11) is 0. The van der Waals surface area contributed by atoms with E-state index < -0.39 is 69.6 Å². The van der Waals surface area contributed by atoms with Crippen LogP contribution >= 0.6 is 0 Å². The Kier molecular flexibility index (Phi) is 9.37. The van der Waals surface area contributed by atoms with E-state index in [1.165, 1.54) is 12.1 Å². The number of hydrogen-bond acceptors (Lipinski definition) is 9. The third-order valence-corrected chi connectivity index (χ3v) is 7.07. The highest BCUT2D eigenvalue weighted by Gasteiger charge is 2.35.